The monoisotopic (exact) mass is 495 g/mol. The third-order valence-electron chi connectivity index (χ3n) is 6.07. The first kappa shape index (κ1) is 17.7. The van der Waals surface area contributed by atoms with Gasteiger partial charge in [-0.2, -0.15) is 0 Å². The molecule has 3 aliphatic rings. The molecule has 6 unspecified atom stereocenters. The SMILES string of the molecule is CC1C2CC(C(O)CCCC3OCCO3)C(C2)C1C.[Ac]. The Balaban J connectivity index is 0.00000147. The van der Waals surface area contributed by atoms with Gasteiger partial charge in [-0.1, -0.05) is 13.8 Å². The second kappa shape index (κ2) is 7.73. The van der Waals surface area contributed by atoms with Crippen molar-refractivity contribution in [3.05, 3.63) is 0 Å². The summed E-state index contributed by atoms with van der Waals surface area (Å²) in [6.45, 7) is 6.24. The smallest absolute Gasteiger partial charge is 0.157 e. The minimum Gasteiger partial charge on any atom is -0.393 e. The summed E-state index contributed by atoms with van der Waals surface area (Å²) in [4.78, 5) is 0. The maximum atomic E-state index is 10.5. The van der Waals surface area contributed by atoms with Crippen molar-refractivity contribution >= 4 is 0 Å². The van der Waals surface area contributed by atoms with E-state index in [2.05, 4.69) is 13.8 Å². The fourth-order valence-electron chi connectivity index (χ4n) is 4.72. The maximum Gasteiger partial charge on any atom is 0.157 e. The van der Waals surface area contributed by atoms with Crippen molar-refractivity contribution in [2.75, 3.05) is 13.2 Å². The number of ether oxygens (including phenoxy) is 2. The summed E-state index contributed by atoms with van der Waals surface area (Å²) in [7, 11) is 0. The maximum absolute atomic E-state index is 10.5. The van der Waals surface area contributed by atoms with E-state index in [9.17, 15) is 5.11 Å². The third kappa shape index (κ3) is 3.62. The summed E-state index contributed by atoms with van der Waals surface area (Å²) in [6.07, 6.45) is 5.37. The number of aliphatic hydroxyl groups excluding tert-OH is 1. The van der Waals surface area contributed by atoms with Gasteiger partial charge in [-0.25, -0.2) is 0 Å². The van der Waals surface area contributed by atoms with Crippen molar-refractivity contribution < 1.29 is 58.6 Å². The van der Waals surface area contributed by atoms with Crippen LogP contribution >= 0.6 is 0 Å². The summed E-state index contributed by atoms with van der Waals surface area (Å²) >= 11 is 0. The quantitative estimate of drug-likeness (QED) is 0.638. The van der Waals surface area contributed by atoms with Crippen molar-refractivity contribution in [1.29, 1.82) is 0 Å². The van der Waals surface area contributed by atoms with Crippen LogP contribution < -0.4 is 0 Å². The fraction of sp³-hybridized carbons (Fsp3) is 1.00. The number of rotatable bonds is 5. The van der Waals surface area contributed by atoms with Crippen LogP contribution in [0.4, 0.5) is 0 Å². The molecule has 113 valence electrons. The molecule has 20 heavy (non-hydrogen) atoms. The minimum absolute atomic E-state index is 0. The molecule has 6 atom stereocenters. The van der Waals surface area contributed by atoms with Crippen molar-refractivity contribution in [1.82, 2.24) is 0 Å². The zero-order chi connectivity index (χ0) is 13.4. The summed E-state index contributed by atoms with van der Waals surface area (Å²) in [6, 6.07) is 0. The Labute approximate surface area is 158 Å². The molecule has 1 heterocycles. The summed E-state index contributed by atoms with van der Waals surface area (Å²) < 4.78 is 10.9. The normalized spacial score (nSPS) is 41.9. The van der Waals surface area contributed by atoms with Crippen LogP contribution in [0.1, 0.15) is 46.0 Å². The van der Waals surface area contributed by atoms with E-state index in [1.807, 2.05) is 0 Å². The molecule has 0 spiro atoms. The Bertz CT molecular complexity index is 304. The minimum atomic E-state index is -0.105. The molecule has 1 saturated heterocycles. The van der Waals surface area contributed by atoms with Gasteiger partial charge in [0.25, 0.3) is 0 Å². The molecule has 1 radical (unpaired) electrons. The summed E-state index contributed by atoms with van der Waals surface area (Å²) in [5, 5.41) is 10.5. The predicted molar refractivity (Wildman–Crippen MR) is 73.6 cm³/mol. The third-order valence-corrected chi connectivity index (χ3v) is 6.07. The van der Waals surface area contributed by atoms with Gasteiger partial charge < -0.3 is 14.6 Å². The molecule has 0 amide bonds. The first-order valence-corrected chi connectivity index (χ1v) is 8.08. The van der Waals surface area contributed by atoms with Crippen LogP contribution in [-0.2, 0) is 9.47 Å². The van der Waals surface area contributed by atoms with Crippen LogP contribution in [-0.4, -0.2) is 30.7 Å². The van der Waals surface area contributed by atoms with Crippen LogP contribution in [0.3, 0.4) is 0 Å². The van der Waals surface area contributed by atoms with Gasteiger partial charge in [0, 0.05) is 44.1 Å². The molecule has 0 aromatic heterocycles. The van der Waals surface area contributed by atoms with Crippen LogP contribution in [0.15, 0.2) is 0 Å². The van der Waals surface area contributed by atoms with Gasteiger partial charge in [-0.3, -0.25) is 0 Å². The fourth-order valence-corrected chi connectivity index (χ4v) is 4.72. The molecule has 0 aromatic carbocycles. The first-order valence-electron chi connectivity index (χ1n) is 8.08. The first-order chi connectivity index (χ1) is 9.16. The molecule has 3 rings (SSSR count). The van der Waals surface area contributed by atoms with E-state index in [0.29, 0.717) is 5.92 Å². The number of aliphatic hydroxyl groups is 1. The molecule has 2 bridgehead atoms. The standard InChI is InChI=1S/C16H28O3.Ac/c1-10-11(2)13-8-12(10)9-14(13)15(17)4-3-5-16-18-6-7-19-16;/h10-17H,3-9H2,1-2H3;. The van der Waals surface area contributed by atoms with Gasteiger partial charge in [-0.05, 0) is 61.7 Å². The molecule has 1 aliphatic heterocycles. The molecular formula is C16H28AcO3. The van der Waals surface area contributed by atoms with Crippen molar-refractivity contribution in [3.63, 3.8) is 0 Å². The molecule has 2 saturated carbocycles. The Morgan fingerprint density at radius 1 is 1.10 bits per heavy atom. The predicted octanol–water partition coefficient (Wildman–Crippen LogP) is 2.82. The van der Waals surface area contributed by atoms with Gasteiger partial charge in [0.2, 0.25) is 0 Å². The molecule has 0 aromatic rings. The topological polar surface area (TPSA) is 38.7 Å². The van der Waals surface area contributed by atoms with Gasteiger partial charge in [-0.15, -0.1) is 0 Å². The Morgan fingerprint density at radius 2 is 1.80 bits per heavy atom. The second-order valence-corrected chi connectivity index (χ2v) is 6.95. The van der Waals surface area contributed by atoms with E-state index in [1.165, 1.54) is 12.8 Å². The van der Waals surface area contributed by atoms with Crippen molar-refractivity contribution in [2.45, 2.75) is 58.3 Å². The van der Waals surface area contributed by atoms with Crippen molar-refractivity contribution in [2.24, 2.45) is 29.6 Å². The van der Waals surface area contributed by atoms with Gasteiger partial charge in [0.15, 0.2) is 6.29 Å². The van der Waals surface area contributed by atoms with Crippen LogP contribution in [0, 0.1) is 73.7 Å². The molecule has 3 fully saturated rings. The van der Waals surface area contributed by atoms with E-state index in [4.69, 9.17) is 9.47 Å². The molecule has 1 N–H and O–H groups in total. The van der Waals surface area contributed by atoms with E-state index in [0.717, 1.165) is 56.1 Å². The number of fused-ring (bicyclic) bond motifs is 2. The van der Waals surface area contributed by atoms with Gasteiger partial charge >= 0.3 is 0 Å². The van der Waals surface area contributed by atoms with E-state index >= 15 is 0 Å². The van der Waals surface area contributed by atoms with E-state index in [-0.39, 0.29) is 56.5 Å². The van der Waals surface area contributed by atoms with E-state index in [1.54, 1.807) is 0 Å². The van der Waals surface area contributed by atoms with Crippen LogP contribution in [0.25, 0.3) is 0 Å². The summed E-state index contributed by atoms with van der Waals surface area (Å²) in [5.41, 5.74) is 0. The number of hydrogen-bond acceptors (Lipinski definition) is 3. The van der Waals surface area contributed by atoms with Gasteiger partial charge in [0.1, 0.15) is 0 Å². The second-order valence-electron chi connectivity index (χ2n) is 6.95. The molecule has 4 heteroatoms. The van der Waals surface area contributed by atoms with Gasteiger partial charge in [0.05, 0.1) is 19.3 Å². The average molecular weight is 495 g/mol. The zero-order valence-electron chi connectivity index (χ0n) is 12.8. The zero-order valence-corrected chi connectivity index (χ0v) is 17.6. The molecule has 2 aliphatic carbocycles. The van der Waals surface area contributed by atoms with Crippen molar-refractivity contribution in [3.8, 4) is 0 Å². The van der Waals surface area contributed by atoms with Crippen LogP contribution in [0.5, 0.6) is 0 Å². The average Bonchev–Trinajstić information content (AvgIpc) is 3.09. The van der Waals surface area contributed by atoms with E-state index < -0.39 is 0 Å². The van der Waals surface area contributed by atoms with Crippen LogP contribution in [0.2, 0.25) is 0 Å². The molecular weight excluding hydrogens is 467 g/mol. The molecule has 3 nitrogen and oxygen atoms in total. The number of hydrogen-bond donors (Lipinski definition) is 1. The summed E-state index contributed by atoms with van der Waals surface area (Å²) in [5.74, 6) is 3.88. The Hall–Kier alpha value is 1.32. The largest absolute Gasteiger partial charge is 0.393 e. The Kier molecular flexibility index (Phi) is 6.83. The Morgan fingerprint density at radius 3 is 2.40 bits per heavy atom.